The average molecular weight is 247 g/mol. The average Bonchev–Trinajstić information content (AvgIpc) is 2.71. The molecule has 0 spiro atoms. The van der Waals surface area contributed by atoms with Gasteiger partial charge in [-0.05, 0) is 39.4 Å². The second kappa shape index (κ2) is 7.54. The molecule has 0 aromatic heterocycles. The number of hydrogen-bond donors (Lipinski definition) is 2. The van der Waals surface area contributed by atoms with E-state index >= 15 is 0 Å². The van der Waals surface area contributed by atoms with Crippen molar-refractivity contribution in [3.63, 3.8) is 0 Å². The maximum absolute atomic E-state index is 9.21. The van der Waals surface area contributed by atoms with E-state index in [1.807, 2.05) is 6.26 Å². The summed E-state index contributed by atoms with van der Waals surface area (Å²) < 4.78 is 5.62. The summed E-state index contributed by atoms with van der Waals surface area (Å²) in [5.41, 5.74) is 0. The molecule has 96 valence electrons. The van der Waals surface area contributed by atoms with Gasteiger partial charge in [0.05, 0.1) is 12.7 Å². The minimum Gasteiger partial charge on any atom is -0.395 e. The fourth-order valence-corrected chi connectivity index (χ4v) is 2.92. The maximum atomic E-state index is 9.21. The first kappa shape index (κ1) is 14.3. The van der Waals surface area contributed by atoms with Crippen LogP contribution in [0.15, 0.2) is 0 Å². The summed E-state index contributed by atoms with van der Waals surface area (Å²) in [5, 5.41) is 13.0. The standard InChI is InChI=1S/C12H25NO2S/c1-9(7-11-5-4-6-15-11)13-10(2)12(8-14)16-3/h9-14H,4-8H2,1-3H3. The fourth-order valence-electron chi connectivity index (χ4n) is 2.29. The Bertz CT molecular complexity index is 182. The van der Waals surface area contributed by atoms with Crippen LogP contribution in [0.4, 0.5) is 0 Å². The van der Waals surface area contributed by atoms with Gasteiger partial charge in [-0.1, -0.05) is 0 Å². The van der Waals surface area contributed by atoms with E-state index in [0.29, 0.717) is 18.2 Å². The van der Waals surface area contributed by atoms with E-state index in [-0.39, 0.29) is 11.9 Å². The largest absolute Gasteiger partial charge is 0.395 e. The summed E-state index contributed by atoms with van der Waals surface area (Å²) in [7, 11) is 0. The van der Waals surface area contributed by atoms with Gasteiger partial charge in [-0.3, -0.25) is 0 Å². The molecule has 1 aliphatic rings. The van der Waals surface area contributed by atoms with Crippen LogP contribution in [-0.2, 0) is 4.74 Å². The molecule has 0 aromatic rings. The van der Waals surface area contributed by atoms with E-state index < -0.39 is 0 Å². The normalized spacial score (nSPS) is 26.6. The monoisotopic (exact) mass is 247 g/mol. The first-order valence-electron chi connectivity index (χ1n) is 6.18. The van der Waals surface area contributed by atoms with Gasteiger partial charge in [0.15, 0.2) is 0 Å². The van der Waals surface area contributed by atoms with E-state index in [2.05, 4.69) is 19.2 Å². The predicted octanol–water partition coefficient (Wildman–Crippen LogP) is 1.65. The van der Waals surface area contributed by atoms with Gasteiger partial charge < -0.3 is 15.2 Å². The van der Waals surface area contributed by atoms with Crippen molar-refractivity contribution in [3.8, 4) is 0 Å². The first-order chi connectivity index (χ1) is 7.67. The summed E-state index contributed by atoms with van der Waals surface area (Å²) in [4.78, 5) is 0. The highest BCUT2D eigenvalue weighted by Gasteiger charge is 2.21. The third-order valence-corrected chi connectivity index (χ3v) is 4.39. The quantitative estimate of drug-likeness (QED) is 0.718. The van der Waals surface area contributed by atoms with Gasteiger partial charge in [-0.15, -0.1) is 0 Å². The van der Waals surface area contributed by atoms with Crippen LogP contribution in [0.3, 0.4) is 0 Å². The molecule has 0 aromatic carbocycles. The molecular formula is C12H25NO2S. The lowest BCUT2D eigenvalue weighted by Gasteiger charge is -2.26. The molecule has 1 rings (SSSR count). The molecule has 4 heteroatoms. The number of aliphatic hydroxyl groups excluding tert-OH is 1. The van der Waals surface area contributed by atoms with Crippen LogP contribution in [0, 0.1) is 0 Å². The van der Waals surface area contributed by atoms with Crippen LogP contribution in [0.2, 0.25) is 0 Å². The van der Waals surface area contributed by atoms with Crippen molar-refractivity contribution in [2.24, 2.45) is 0 Å². The number of aliphatic hydroxyl groups is 1. The minimum atomic E-state index is 0.238. The van der Waals surface area contributed by atoms with Gasteiger partial charge in [-0.25, -0.2) is 0 Å². The minimum absolute atomic E-state index is 0.238. The predicted molar refractivity (Wildman–Crippen MR) is 70.0 cm³/mol. The van der Waals surface area contributed by atoms with Crippen LogP contribution < -0.4 is 5.32 Å². The summed E-state index contributed by atoms with van der Waals surface area (Å²) in [6.45, 7) is 5.51. The molecule has 1 heterocycles. The highest BCUT2D eigenvalue weighted by molar-refractivity contribution is 7.99. The van der Waals surface area contributed by atoms with Crippen molar-refractivity contribution >= 4 is 11.8 Å². The van der Waals surface area contributed by atoms with Crippen molar-refractivity contribution in [2.75, 3.05) is 19.5 Å². The maximum Gasteiger partial charge on any atom is 0.0590 e. The number of hydrogen-bond acceptors (Lipinski definition) is 4. The zero-order valence-corrected chi connectivity index (χ0v) is 11.4. The van der Waals surface area contributed by atoms with Crippen molar-refractivity contribution in [1.29, 1.82) is 0 Å². The Morgan fingerprint density at radius 1 is 1.50 bits per heavy atom. The molecule has 16 heavy (non-hydrogen) atoms. The van der Waals surface area contributed by atoms with E-state index in [1.165, 1.54) is 12.8 Å². The zero-order chi connectivity index (χ0) is 12.0. The summed E-state index contributed by atoms with van der Waals surface area (Å²) in [6, 6.07) is 0.802. The molecule has 1 aliphatic heterocycles. The molecule has 0 radical (unpaired) electrons. The molecular weight excluding hydrogens is 222 g/mol. The molecule has 1 saturated heterocycles. The van der Waals surface area contributed by atoms with Gasteiger partial charge in [0, 0.05) is 23.9 Å². The molecule has 0 saturated carbocycles. The van der Waals surface area contributed by atoms with Gasteiger partial charge >= 0.3 is 0 Å². The molecule has 3 nitrogen and oxygen atoms in total. The molecule has 0 aliphatic carbocycles. The molecule has 0 bridgehead atoms. The third kappa shape index (κ3) is 4.62. The van der Waals surface area contributed by atoms with Crippen LogP contribution in [-0.4, -0.2) is 48.0 Å². The summed E-state index contributed by atoms with van der Waals surface area (Å²) in [5.74, 6) is 0. The van der Waals surface area contributed by atoms with Crippen molar-refractivity contribution in [2.45, 2.75) is 56.5 Å². The Morgan fingerprint density at radius 2 is 2.25 bits per heavy atom. The molecule has 0 amide bonds. The summed E-state index contributed by atoms with van der Waals surface area (Å²) >= 11 is 1.72. The number of rotatable bonds is 7. The van der Waals surface area contributed by atoms with E-state index in [1.54, 1.807) is 11.8 Å². The van der Waals surface area contributed by atoms with Crippen molar-refractivity contribution < 1.29 is 9.84 Å². The molecule has 1 fully saturated rings. The zero-order valence-electron chi connectivity index (χ0n) is 10.6. The highest BCUT2D eigenvalue weighted by Crippen LogP contribution is 2.18. The number of thioether (sulfide) groups is 1. The Kier molecular flexibility index (Phi) is 6.73. The fraction of sp³-hybridized carbons (Fsp3) is 1.00. The number of ether oxygens (including phenoxy) is 1. The van der Waals surface area contributed by atoms with Gasteiger partial charge in [-0.2, -0.15) is 11.8 Å². The van der Waals surface area contributed by atoms with Crippen LogP contribution in [0.25, 0.3) is 0 Å². The Morgan fingerprint density at radius 3 is 2.75 bits per heavy atom. The molecule has 2 N–H and O–H groups in total. The number of nitrogens with one attached hydrogen (secondary N) is 1. The van der Waals surface area contributed by atoms with Crippen LogP contribution in [0.1, 0.15) is 33.1 Å². The van der Waals surface area contributed by atoms with Crippen molar-refractivity contribution in [3.05, 3.63) is 0 Å². The molecule has 4 unspecified atom stereocenters. The Hall–Kier alpha value is 0.230. The topological polar surface area (TPSA) is 41.5 Å². The highest BCUT2D eigenvalue weighted by atomic mass is 32.2. The summed E-state index contributed by atoms with van der Waals surface area (Å²) in [6.07, 6.45) is 5.97. The molecule has 4 atom stereocenters. The SMILES string of the molecule is CSC(CO)C(C)NC(C)CC1CCCO1. The van der Waals surface area contributed by atoms with E-state index in [4.69, 9.17) is 4.74 Å². The van der Waals surface area contributed by atoms with E-state index in [0.717, 1.165) is 13.0 Å². The van der Waals surface area contributed by atoms with Crippen LogP contribution in [0.5, 0.6) is 0 Å². The van der Waals surface area contributed by atoms with Crippen LogP contribution >= 0.6 is 11.8 Å². The van der Waals surface area contributed by atoms with E-state index in [9.17, 15) is 5.11 Å². The third-order valence-electron chi connectivity index (χ3n) is 3.23. The lowest BCUT2D eigenvalue weighted by atomic mass is 10.1. The first-order valence-corrected chi connectivity index (χ1v) is 7.47. The van der Waals surface area contributed by atoms with Gasteiger partial charge in [0.1, 0.15) is 0 Å². The Balaban J connectivity index is 2.23. The second-order valence-electron chi connectivity index (χ2n) is 4.68. The van der Waals surface area contributed by atoms with Gasteiger partial charge in [0.25, 0.3) is 0 Å². The Labute approximate surface area is 103 Å². The second-order valence-corrected chi connectivity index (χ2v) is 5.76. The van der Waals surface area contributed by atoms with Gasteiger partial charge in [0.2, 0.25) is 0 Å². The lowest BCUT2D eigenvalue weighted by Crippen LogP contribution is -2.43. The lowest BCUT2D eigenvalue weighted by molar-refractivity contribution is 0.0949. The van der Waals surface area contributed by atoms with Crippen molar-refractivity contribution in [1.82, 2.24) is 5.32 Å². The smallest absolute Gasteiger partial charge is 0.0590 e.